The van der Waals surface area contributed by atoms with E-state index in [0.717, 1.165) is 17.5 Å². The Hall–Kier alpha value is -2.93. The van der Waals surface area contributed by atoms with Crippen LogP contribution in [0, 0.1) is 0 Å². The van der Waals surface area contributed by atoms with Crippen molar-refractivity contribution in [2.75, 3.05) is 13.2 Å². The van der Waals surface area contributed by atoms with Gasteiger partial charge in [0.25, 0.3) is 5.91 Å². The first-order valence-electron chi connectivity index (χ1n) is 8.20. The molecule has 2 aromatic heterocycles. The average Bonchev–Trinajstić information content (AvgIpc) is 3.29. The Bertz CT molecular complexity index is 854. The minimum absolute atomic E-state index is 0.00126. The molecule has 0 saturated carbocycles. The second-order valence-electron chi connectivity index (χ2n) is 5.87. The maximum Gasteiger partial charge on any atom is 0.251 e. The molecular formula is C18H18N4O3. The van der Waals surface area contributed by atoms with Crippen LogP contribution in [0.5, 0.6) is 5.88 Å². The maximum atomic E-state index is 12.4. The summed E-state index contributed by atoms with van der Waals surface area (Å²) in [5, 5.41) is 2.86. The summed E-state index contributed by atoms with van der Waals surface area (Å²) in [4.78, 5) is 24.1. The fourth-order valence-electron chi connectivity index (χ4n) is 2.75. The monoisotopic (exact) mass is 338 g/mol. The van der Waals surface area contributed by atoms with Crippen molar-refractivity contribution >= 4 is 16.9 Å². The third-order valence-electron chi connectivity index (χ3n) is 4.03. The highest BCUT2D eigenvalue weighted by atomic mass is 16.5. The third kappa shape index (κ3) is 3.61. The van der Waals surface area contributed by atoms with Gasteiger partial charge in [0.05, 0.1) is 30.8 Å². The number of rotatable bonds is 5. The maximum absolute atomic E-state index is 12.4. The molecule has 0 bridgehead atoms. The van der Waals surface area contributed by atoms with Crippen molar-refractivity contribution in [3.63, 3.8) is 0 Å². The first-order valence-corrected chi connectivity index (χ1v) is 8.20. The fraction of sp³-hybridized carbons (Fsp3) is 0.278. The van der Waals surface area contributed by atoms with Crippen LogP contribution in [0.2, 0.25) is 0 Å². The van der Waals surface area contributed by atoms with Gasteiger partial charge in [-0.05, 0) is 18.2 Å². The van der Waals surface area contributed by atoms with Crippen LogP contribution in [-0.4, -0.2) is 40.2 Å². The molecule has 25 heavy (non-hydrogen) atoms. The molecule has 2 N–H and O–H groups in total. The second kappa shape index (κ2) is 6.90. The molecule has 3 aromatic rings. The van der Waals surface area contributed by atoms with E-state index in [2.05, 4.69) is 20.3 Å². The predicted octanol–water partition coefficient (Wildman–Crippen LogP) is 2.06. The lowest BCUT2D eigenvalue weighted by Crippen LogP contribution is -2.24. The van der Waals surface area contributed by atoms with Gasteiger partial charge < -0.3 is 19.8 Å². The average molecular weight is 338 g/mol. The van der Waals surface area contributed by atoms with Crippen molar-refractivity contribution in [1.29, 1.82) is 0 Å². The molecule has 1 amide bonds. The van der Waals surface area contributed by atoms with Crippen LogP contribution in [-0.2, 0) is 11.3 Å². The van der Waals surface area contributed by atoms with Crippen molar-refractivity contribution in [1.82, 2.24) is 20.3 Å². The molecule has 128 valence electrons. The minimum Gasteiger partial charge on any atom is -0.472 e. The van der Waals surface area contributed by atoms with E-state index in [1.54, 1.807) is 18.3 Å². The molecule has 1 aliphatic heterocycles. The van der Waals surface area contributed by atoms with E-state index in [4.69, 9.17) is 9.47 Å². The van der Waals surface area contributed by atoms with Gasteiger partial charge in [0.1, 0.15) is 11.9 Å². The van der Waals surface area contributed by atoms with Gasteiger partial charge in [0, 0.05) is 24.2 Å². The lowest BCUT2D eigenvalue weighted by molar-refractivity contribution is 0.0948. The van der Waals surface area contributed by atoms with Crippen molar-refractivity contribution in [3.05, 3.63) is 54.0 Å². The number of carbonyl (C=O) groups is 1. The number of amides is 1. The Balaban J connectivity index is 1.40. The van der Waals surface area contributed by atoms with Crippen LogP contribution in [0.25, 0.3) is 11.0 Å². The number of nitrogens with zero attached hydrogens (tertiary/aromatic N) is 2. The number of ether oxygens (including phenoxy) is 2. The van der Waals surface area contributed by atoms with Gasteiger partial charge >= 0.3 is 0 Å². The molecule has 1 saturated heterocycles. The van der Waals surface area contributed by atoms with Gasteiger partial charge in [-0.2, -0.15) is 0 Å². The van der Waals surface area contributed by atoms with Crippen LogP contribution in [0.15, 0.2) is 42.6 Å². The summed E-state index contributed by atoms with van der Waals surface area (Å²) in [5.41, 5.74) is 2.33. The summed E-state index contributed by atoms with van der Waals surface area (Å²) in [6.45, 7) is 1.58. The van der Waals surface area contributed by atoms with Crippen molar-refractivity contribution in [3.8, 4) is 5.88 Å². The summed E-state index contributed by atoms with van der Waals surface area (Å²) in [6, 6.07) is 11.1. The molecule has 1 aromatic carbocycles. The Labute approximate surface area is 144 Å². The molecule has 7 nitrogen and oxygen atoms in total. The molecule has 0 radical (unpaired) electrons. The summed E-state index contributed by atoms with van der Waals surface area (Å²) in [6.07, 6.45) is 2.41. The Morgan fingerprint density at radius 1 is 1.36 bits per heavy atom. The van der Waals surface area contributed by atoms with Crippen LogP contribution >= 0.6 is 0 Å². The van der Waals surface area contributed by atoms with Crippen LogP contribution in [0.1, 0.15) is 22.6 Å². The molecule has 1 atom stereocenters. The molecule has 0 spiro atoms. The lowest BCUT2D eigenvalue weighted by Gasteiger charge is -2.11. The summed E-state index contributed by atoms with van der Waals surface area (Å²) >= 11 is 0. The van der Waals surface area contributed by atoms with E-state index in [0.29, 0.717) is 37.0 Å². The number of aromatic amines is 1. The predicted molar refractivity (Wildman–Crippen MR) is 91.4 cm³/mol. The first kappa shape index (κ1) is 15.6. The van der Waals surface area contributed by atoms with E-state index >= 15 is 0 Å². The van der Waals surface area contributed by atoms with E-state index < -0.39 is 0 Å². The molecule has 1 fully saturated rings. The Morgan fingerprint density at radius 2 is 2.28 bits per heavy atom. The molecule has 4 rings (SSSR count). The van der Waals surface area contributed by atoms with E-state index in [1.165, 1.54) is 0 Å². The lowest BCUT2D eigenvalue weighted by atomic mass is 10.2. The summed E-state index contributed by atoms with van der Waals surface area (Å²) in [7, 11) is 0. The van der Waals surface area contributed by atoms with E-state index in [9.17, 15) is 4.79 Å². The fourth-order valence-corrected chi connectivity index (χ4v) is 2.75. The third-order valence-corrected chi connectivity index (χ3v) is 4.03. The highest BCUT2D eigenvalue weighted by Gasteiger charge is 2.18. The highest BCUT2D eigenvalue weighted by molar-refractivity contribution is 5.94. The van der Waals surface area contributed by atoms with Crippen LogP contribution in [0.3, 0.4) is 0 Å². The number of nitrogens with one attached hydrogen (secondary N) is 2. The zero-order chi connectivity index (χ0) is 17.1. The van der Waals surface area contributed by atoms with Gasteiger partial charge in [-0.1, -0.05) is 12.1 Å². The van der Waals surface area contributed by atoms with Gasteiger partial charge in [0.15, 0.2) is 0 Å². The highest BCUT2D eigenvalue weighted by Crippen LogP contribution is 2.16. The number of benzene rings is 1. The standard InChI is InChI=1S/C18H18N4O3/c23-18(20-10-16-21-14-3-1-2-4-15(14)22-16)12-5-7-19-17(9-12)25-13-6-8-24-11-13/h1-5,7,9,13H,6,8,10-11H2,(H,20,23)(H,21,22). The van der Waals surface area contributed by atoms with Gasteiger partial charge in [-0.3, -0.25) is 4.79 Å². The summed E-state index contributed by atoms with van der Waals surface area (Å²) < 4.78 is 11.0. The molecule has 7 heteroatoms. The number of aromatic nitrogens is 3. The molecule has 0 aliphatic carbocycles. The molecule has 1 unspecified atom stereocenters. The number of pyridine rings is 1. The second-order valence-corrected chi connectivity index (χ2v) is 5.87. The van der Waals surface area contributed by atoms with E-state index in [1.807, 2.05) is 24.3 Å². The normalized spacial score (nSPS) is 16.9. The largest absolute Gasteiger partial charge is 0.472 e. The van der Waals surface area contributed by atoms with Gasteiger partial charge in [-0.25, -0.2) is 9.97 Å². The Kier molecular flexibility index (Phi) is 4.30. The van der Waals surface area contributed by atoms with Gasteiger partial charge in [0.2, 0.25) is 5.88 Å². The molecule has 3 heterocycles. The number of carbonyl (C=O) groups excluding carboxylic acids is 1. The number of para-hydroxylation sites is 2. The zero-order valence-corrected chi connectivity index (χ0v) is 13.6. The Morgan fingerprint density at radius 3 is 3.12 bits per heavy atom. The van der Waals surface area contributed by atoms with Crippen molar-refractivity contribution in [2.45, 2.75) is 19.1 Å². The number of fused-ring (bicyclic) bond motifs is 1. The zero-order valence-electron chi connectivity index (χ0n) is 13.6. The summed E-state index contributed by atoms with van der Waals surface area (Å²) in [5.74, 6) is 0.949. The quantitative estimate of drug-likeness (QED) is 0.743. The van der Waals surface area contributed by atoms with Crippen LogP contribution < -0.4 is 10.1 Å². The number of H-pyrrole nitrogens is 1. The van der Waals surface area contributed by atoms with Crippen LogP contribution in [0.4, 0.5) is 0 Å². The molecular weight excluding hydrogens is 320 g/mol. The number of hydrogen-bond acceptors (Lipinski definition) is 5. The van der Waals surface area contributed by atoms with Crippen molar-refractivity contribution in [2.24, 2.45) is 0 Å². The topological polar surface area (TPSA) is 89.1 Å². The first-order chi connectivity index (χ1) is 12.3. The smallest absolute Gasteiger partial charge is 0.251 e. The van der Waals surface area contributed by atoms with Gasteiger partial charge in [-0.15, -0.1) is 0 Å². The van der Waals surface area contributed by atoms with Crippen molar-refractivity contribution < 1.29 is 14.3 Å². The number of hydrogen-bond donors (Lipinski definition) is 2. The minimum atomic E-state index is -0.199. The number of imidazole rings is 1. The SMILES string of the molecule is O=C(NCc1nc2ccccc2[nH]1)c1ccnc(OC2CCOC2)c1. The molecule has 1 aliphatic rings. The van der Waals surface area contributed by atoms with E-state index in [-0.39, 0.29) is 12.0 Å².